The predicted molar refractivity (Wildman–Crippen MR) is 148 cm³/mol. The fourth-order valence-corrected chi connectivity index (χ4v) is 4.67. The molecular formula is C28H22ClN3O4S. The fraction of sp³-hybridized carbons (Fsp3) is 0.0357. The van der Waals surface area contributed by atoms with Crippen LogP contribution in [-0.2, 0) is 4.79 Å². The molecule has 0 radical (unpaired) electrons. The van der Waals surface area contributed by atoms with Crippen LogP contribution in [0.4, 0.5) is 21.9 Å². The maximum atomic E-state index is 13.3. The summed E-state index contributed by atoms with van der Waals surface area (Å²) >= 11 is 7.28. The van der Waals surface area contributed by atoms with Crippen molar-refractivity contribution >= 4 is 58.3 Å². The van der Waals surface area contributed by atoms with E-state index < -0.39 is 11.2 Å². The van der Waals surface area contributed by atoms with Crippen LogP contribution in [0.1, 0.15) is 21.2 Å². The van der Waals surface area contributed by atoms with Gasteiger partial charge in [0.15, 0.2) is 0 Å². The summed E-state index contributed by atoms with van der Waals surface area (Å²) in [4.78, 5) is 37.8. The summed E-state index contributed by atoms with van der Waals surface area (Å²) in [7, 11) is 0. The van der Waals surface area contributed by atoms with Crippen LogP contribution in [-0.4, -0.2) is 23.0 Å². The number of rotatable bonds is 8. The van der Waals surface area contributed by atoms with Crippen LogP contribution >= 0.6 is 23.4 Å². The minimum atomic E-state index is -1.18. The van der Waals surface area contributed by atoms with Crippen molar-refractivity contribution in [3.8, 4) is 0 Å². The van der Waals surface area contributed by atoms with Crippen molar-refractivity contribution in [2.24, 2.45) is 0 Å². The van der Waals surface area contributed by atoms with Crippen LogP contribution in [0.2, 0.25) is 5.02 Å². The molecule has 37 heavy (non-hydrogen) atoms. The van der Waals surface area contributed by atoms with Gasteiger partial charge in [-0.1, -0.05) is 60.1 Å². The summed E-state index contributed by atoms with van der Waals surface area (Å²) in [6, 6.07) is 29.5. The summed E-state index contributed by atoms with van der Waals surface area (Å²) in [5.41, 5.74) is 2.29. The second-order valence-corrected chi connectivity index (χ2v) is 9.45. The predicted octanol–water partition coefficient (Wildman–Crippen LogP) is 7.15. The molecule has 0 aliphatic rings. The van der Waals surface area contributed by atoms with Gasteiger partial charge < -0.3 is 21.1 Å². The van der Waals surface area contributed by atoms with Crippen molar-refractivity contribution in [3.05, 3.63) is 119 Å². The van der Waals surface area contributed by atoms with E-state index in [9.17, 15) is 19.5 Å². The number of anilines is 3. The summed E-state index contributed by atoms with van der Waals surface area (Å²) in [6.45, 7) is 0. The van der Waals surface area contributed by atoms with E-state index in [1.165, 1.54) is 23.9 Å². The lowest BCUT2D eigenvalue weighted by Crippen LogP contribution is -2.19. The van der Waals surface area contributed by atoms with Crippen molar-refractivity contribution in [3.63, 3.8) is 0 Å². The van der Waals surface area contributed by atoms with E-state index >= 15 is 0 Å². The van der Waals surface area contributed by atoms with Gasteiger partial charge in [-0.05, 0) is 60.2 Å². The van der Waals surface area contributed by atoms with Gasteiger partial charge in [0.1, 0.15) is 5.25 Å². The van der Waals surface area contributed by atoms with Crippen LogP contribution < -0.4 is 16.0 Å². The standard InChI is InChI=1S/C28H22ClN3O4S/c29-24-16-13-21(17-23(24)27(34)35)30-26(33)25(18-7-3-1-4-8-18)37-22-14-11-20(12-15-22)32-28(36)31-19-9-5-2-6-10-19/h1-17,25H,(H,30,33)(H,34,35)(H2,31,32,36). The molecule has 0 spiro atoms. The number of hydrogen-bond donors (Lipinski definition) is 4. The van der Waals surface area contributed by atoms with Crippen molar-refractivity contribution in [2.75, 3.05) is 16.0 Å². The average molecular weight is 532 g/mol. The number of aromatic carboxylic acids is 1. The summed E-state index contributed by atoms with van der Waals surface area (Å²) in [6.07, 6.45) is 0. The van der Waals surface area contributed by atoms with E-state index in [4.69, 9.17) is 11.6 Å². The monoisotopic (exact) mass is 531 g/mol. The van der Waals surface area contributed by atoms with E-state index in [-0.39, 0.29) is 22.5 Å². The third-order valence-electron chi connectivity index (χ3n) is 5.20. The van der Waals surface area contributed by atoms with Crippen LogP contribution in [0.5, 0.6) is 0 Å². The highest BCUT2D eigenvalue weighted by molar-refractivity contribution is 8.00. The quantitative estimate of drug-likeness (QED) is 0.180. The van der Waals surface area contributed by atoms with Crippen molar-refractivity contribution in [1.82, 2.24) is 0 Å². The molecule has 1 unspecified atom stereocenters. The van der Waals surface area contributed by atoms with Crippen LogP contribution in [0.25, 0.3) is 0 Å². The maximum absolute atomic E-state index is 13.3. The molecule has 0 aliphatic carbocycles. The Hall–Kier alpha value is -4.27. The SMILES string of the molecule is O=C(Nc1ccccc1)Nc1ccc(SC(C(=O)Nc2ccc(Cl)c(C(=O)O)c2)c2ccccc2)cc1. The lowest BCUT2D eigenvalue weighted by molar-refractivity contribution is -0.115. The molecule has 186 valence electrons. The smallest absolute Gasteiger partial charge is 0.337 e. The second kappa shape index (κ2) is 12.1. The van der Waals surface area contributed by atoms with Crippen LogP contribution in [0, 0.1) is 0 Å². The van der Waals surface area contributed by atoms with Gasteiger partial charge in [0, 0.05) is 22.0 Å². The van der Waals surface area contributed by atoms with E-state index in [1.54, 1.807) is 30.3 Å². The first kappa shape index (κ1) is 25.8. The molecule has 0 saturated heterocycles. The maximum Gasteiger partial charge on any atom is 0.337 e. The third-order valence-corrected chi connectivity index (χ3v) is 6.80. The van der Waals surface area contributed by atoms with Crippen LogP contribution in [0.3, 0.4) is 0 Å². The Morgan fingerprint density at radius 2 is 1.27 bits per heavy atom. The zero-order chi connectivity index (χ0) is 26.2. The number of carboxylic acids is 1. The molecule has 4 N–H and O–H groups in total. The Labute approximate surface area is 222 Å². The molecule has 0 aliphatic heterocycles. The van der Waals surface area contributed by atoms with Gasteiger partial charge in [0.05, 0.1) is 10.6 Å². The summed E-state index contributed by atoms with van der Waals surface area (Å²) in [5, 5.41) is 17.1. The molecule has 4 aromatic carbocycles. The van der Waals surface area contributed by atoms with Crippen molar-refractivity contribution in [2.45, 2.75) is 10.1 Å². The Morgan fingerprint density at radius 3 is 1.89 bits per heavy atom. The third kappa shape index (κ3) is 7.13. The number of urea groups is 1. The van der Waals surface area contributed by atoms with E-state index in [0.29, 0.717) is 17.1 Å². The Morgan fingerprint density at radius 1 is 0.703 bits per heavy atom. The zero-order valence-corrected chi connectivity index (χ0v) is 20.9. The van der Waals surface area contributed by atoms with Crippen molar-refractivity contribution < 1.29 is 19.5 Å². The molecule has 9 heteroatoms. The van der Waals surface area contributed by atoms with Gasteiger partial charge in [-0.3, -0.25) is 4.79 Å². The number of amides is 3. The summed E-state index contributed by atoms with van der Waals surface area (Å²) in [5.74, 6) is -1.50. The number of carbonyl (C=O) groups excluding carboxylic acids is 2. The molecular weight excluding hydrogens is 510 g/mol. The lowest BCUT2D eigenvalue weighted by atomic mass is 10.1. The first-order chi connectivity index (χ1) is 17.9. The molecule has 4 rings (SSSR count). The highest BCUT2D eigenvalue weighted by atomic mass is 35.5. The Kier molecular flexibility index (Phi) is 8.45. The molecule has 7 nitrogen and oxygen atoms in total. The molecule has 4 aromatic rings. The minimum Gasteiger partial charge on any atom is -0.478 e. The molecule has 0 bridgehead atoms. The van der Waals surface area contributed by atoms with Gasteiger partial charge in [-0.2, -0.15) is 0 Å². The van der Waals surface area contributed by atoms with Gasteiger partial charge in [0.2, 0.25) is 5.91 Å². The molecule has 3 amide bonds. The highest BCUT2D eigenvalue weighted by Gasteiger charge is 2.23. The molecule has 0 fully saturated rings. The number of carbonyl (C=O) groups is 3. The highest BCUT2D eigenvalue weighted by Crippen LogP contribution is 2.37. The van der Waals surface area contributed by atoms with Gasteiger partial charge in [-0.15, -0.1) is 11.8 Å². The van der Waals surface area contributed by atoms with E-state index in [2.05, 4.69) is 16.0 Å². The first-order valence-corrected chi connectivity index (χ1v) is 12.4. The minimum absolute atomic E-state index is 0.0885. The number of thioether (sulfide) groups is 1. The molecule has 0 heterocycles. The normalized spacial score (nSPS) is 11.3. The lowest BCUT2D eigenvalue weighted by Gasteiger charge is -2.18. The number of para-hydroxylation sites is 1. The van der Waals surface area contributed by atoms with Gasteiger partial charge in [-0.25, -0.2) is 9.59 Å². The van der Waals surface area contributed by atoms with Gasteiger partial charge >= 0.3 is 12.0 Å². The number of hydrogen-bond acceptors (Lipinski definition) is 4. The molecule has 1 atom stereocenters. The number of carboxylic acid groups (broad SMARTS) is 1. The Balaban J connectivity index is 1.47. The molecule has 0 saturated carbocycles. The van der Waals surface area contributed by atoms with Crippen molar-refractivity contribution in [1.29, 1.82) is 0 Å². The molecule has 0 aromatic heterocycles. The Bertz CT molecular complexity index is 1400. The van der Waals surface area contributed by atoms with E-state index in [1.807, 2.05) is 60.7 Å². The van der Waals surface area contributed by atoms with Gasteiger partial charge in [0.25, 0.3) is 0 Å². The largest absolute Gasteiger partial charge is 0.478 e. The first-order valence-electron chi connectivity index (χ1n) is 11.2. The topological polar surface area (TPSA) is 108 Å². The summed E-state index contributed by atoms with van der Waals surface area (Å²) < 4.78 is 0. The van der Waals surface area contributed by atoms with E-state index in [0.717, 1.165) is 10.5 Å². The fourth-order valence-electron chi connectivity index (χ4n) is 3.44. The number of nitrogens with one attached hydrogen (secondary N) is 3. The number of benzene rings is 4. The second-order valence-electron chi connectivity index (χ2n) is 7.87. The zero-order valence-electron chi connectivity index (χ0n) is 19.4. The average Bonchev–Trinajstić information content (AvgIpc) is 2.90. The number of halogens is 1. The van der Waals surface area contributed by atoms with Crippen LogP contribution in [0.15, 0.2) is 108 Å².